The Kier molecular flexibility index (Phi) is 5.25. The number of carbonyl (C=O) groups excluding carboxylic acids is 1. The summed E-state index contributed by atoms with van der Waals surface area (Å²) < 4.78 is 2.68. The predicted octanol–water partition coefficient (Wildman–Crippen LogP) is 3.61. The minimum Gasteiger partial charge on any atom is -0.308 e. The van der Waals surface area contributed by atoms with E-state index in [4.69, 9.17) is 0 Å². The molecule has 0 amide bonds. The van der Waals surface area contributed by atoms with E-state index in [0.29, 0.717) is 5.41 Å². The minimum absolute atomic E-state index is 0.157. The van der Waals surface area contributed by atoms with Crippen molar-refractivity contribution in [1.82, 2.24) is 14.7 Å². The molecule has 1 aliphatic rings. The summed E-state index contributed by atoms with van der Waals surface area (Å²) in [5, 5.41) is 4.35. The number of carbonyl (C=O) groups is 1. The Morgan fingerprint density at radius 3 is 2.62 bits per heavy atom. The Bertz CT molecular complexity index is 498. The SMILES string of the molecule is CN(C)CCn1ncc(Br)c1C(=O)C1CCC(C)(C)CC1. The Hall–Kier alpha value is -0.680. The second-order valence-electron chi connectivity index (χ2n) is 7.17. The lowest BCUT2D eigenvalue weighted by Gasteiger charge is -2.33. The fourth-order valence-electron chi connectivity index (χ4n) is 2.93. The molecule has 0 aliphatic heterocycles. The quantitative estimate of drug-likeness (QED) is 0.757. The van der Waals surface area contributed by atoms with Crippen LogP contribution >= 0.6 is 15.9 Å². The van der Waals surface area contributed by atoms with Crippen molar-refractivity contribution in [2.75, 3.05) is 20.6 Å². The number of hydrogen-bond donors (Lipinski definition) is 0. The number of rotatable bonds is 5. The topological polar surface area (TPSA) is 38.1 Å². The van der Waals surface area contributed by atoms with Crippen LogP contribution in [0.1, 0.15) is 50.0 Å². The molecule has 0 bridgehead atoms. The van der Waals surface area contributed by atoms with Gasteiger partial charge in [0.2, 0.25) is 0 Å². The molecule has 1 aliphatic carbocycles. The van der Waals surface area contributed by atoms with Crippen LogP contribution < -0.4 is 0 Å². The largest absolute Gasteiger partial charge is 0.308 e. The lowest BCUT2D eigenvalue weighted by molar-refractivity contribution is 0.0825. The van der Waals surface area contributed by atoms with E-state index in [1.165, 1.54) is 0 Å². The average molecular weight is 356 g/mol. The lowest BCUT2D eigenvalue weighted by Crippen LogP contribution is -2.29. The first-order chi connectivity index (χ1) is 9.80. The van der Waals surface area contributed by atoms with Gasteiger partial charge in [0.25, 0.3) is 0 Å². The maximum atomic E-state index is 12.9. The summed E-state index contributed by atoms with van der Waals surface area (Å²) in [6.07, 6.45) is 6.00. The van der Waals surface area contributed by atoms with E-state index in [1.54, 1.807) is 6.20 Å². The highest BCUT2D eigenvalue weighted by atomic mass is 79.9. The monoisotopic (exact) mass is 355 g/mol. The zero-order valence-electron chi connectivity index (χ0n) is 13.5. The van der Waals surface area contributed by atoms with Gasteiger partial charge in [0, 0.05) is 12.5 Å². The van der Waals surface area contributed by atoms with Crippen LogP contribution in [0, 0.1) is 11.3 Å². The summed E-state index contributed by atoms with van der Waals surface area (Å²) in [5.74, 6) is 0.415. The van der Waals surface area contributed by atoms with Gasteiger partial charge in [-0.25, -0.2) is 0 Å². The van der Waals surface area contributed by atoms with Gasteiger partial charge in [-0.2, -0.15) is 5.10 Å². The molecule has 0 radical (unpaired) electrons. The van der Waals surface area contributed by atoms with Crippen LogP contribution in [-0.2, 0) is 6.54 Å². The van der Waals surface area contributed by atoms with Crippen molar-refractivity contribution in [1.29, 1.82) is 0 Å². The zero-order chi connectivity index (χ0) is 15.6. The van der Waals surface area contributed by atoms with Crippen molar-refractivity contribution in [3.63, 3.8) is 0 Å². The van der Waals surface area contributed by atoms with Crippen LogP contribution in [0.2, 0.25) is 0 Å². The molecule has 1 fully saturated rings. The Balaban J connectivity index is 2.10. The van der Waals surface area contributed by atoms with Gasteiger partial charge in [0.05, 0.1) is 17.2 Å². The molecule has 0 atom stereocenters. The van der Waals surface area contributed by atoms with Gasteiger partial charge in [-0.15, -0.1) is 0 Å². The van der Waals surface area contributed by atoms with Crippen molar-refractivity contribution in [2.45, 2.75) is 46.1 Å². The molecular weight excluding hydrogens is 330 g/mol. The van der Waals surface area contributed by atoms with E-state index < -0.39 is 0 Å². The fraction of sp³-hybridized carbons (Fsp3) is 0.750. The molecule has 1 heterocycles. The first-order valence-electron chi connectivity index (χ1n) is 7.70. The van der Waals surface area contributed by atoms with E-state index in [0.717, 1.165) is 48.9 Å². The van der Waals surface area contributed by atoms with Gasteiger partial charge in [0.1, 0.15) is 5.69 Å². The Labute approximate surface area is 136 Å². The molecule has 0 spiro atoms. The molecule has 21 heavy (non-hydrogen) atoms. The summed E-state index contributed by atoms with van der Waals surface area (Å²) in [5.41, 5.74) is 1.14. The third-order valence-electron chi connectivity index (χ3n) is 4.50. The normalized spacial score (nSPS) is 19.1. The van der Waals surface area contributed by atoms with Crippen LogP contribution in [0.25, 0.3) is 0 Å². The molecule has 0 saturated heterocycles. The molecule has 0 unspecified atom stereocenters. The number of aromatic nitrogens is 2. The molecule has 1 aromatic heterocycles. The number of hydrogen-bond acceptors (Lipinski definition) is 3. The van der Waals surface area contributed by atoms with E-state index in [9.17, 15) is 4.79 Å². The van der Waals surface area contributed by atoms with Crippen molar-refractivity contribution >= 4 is 21.7 Å². The lowest BCUT2D eigenvalue weighted by atomic mass is 9.72. The van der Waals surface area contributed by atoms with Gasteiger partial charge in [-0.1, -0.05) is 13.8 Å². The fourth-order valence-corrected chi connectivity index (χ4v) is 3.42. The maximum absolute atomic E-state index is 12.9. The van der Waals surface area contributed by atoms with Crippen molar-refractivity contribution in [2.24, 2.45) is 11.3 Å². The van der Waals surface area contributed by atoms with Crippen LogP contribution in [0.15, 0.2) is 10.7 Å². The molecule has 5 heteroatoms. The average Bonchev–Trinajstić information content (AvgIpc) is 2.76. The van der Waals surface area contributed by atoms with Crippen LogP contribution in [0.5, 0.6) is 0 Å². The Morgan fingerprint density at radius 2 is 2.05 bits per heavy atom. The summed E-state index contributed by atoms with van der Waals surface area (Å²) >= 11 is 3.50. The first-order valence-corrected chi connectivity index (χ1v) is 8.50. The van der Waals surface area contributed by atoms with E-state index in [1.807, 2.05) is 18.8 Å². The van der Waals surface area contributed by atoms with Gasteiger partial charge in [0.15, 0.2) is 5.78 Å². The molecule has 4 nitrogen and oxygen atoms in total. The third-order valence-corrected chi connectivity index (χ3v) is 5.08. The number of halogens is 1. The summed E-state index contributed by atoms with van der Waals surface area (Å²) in [4.78, 5) is 15.0. The van der Waals surface area contributed by atoms with Gasteiger partial charge >= 0.3 is 0 Å². The highest BCUT2D eigenvalue weighted by molar-refractivity contribution is 9.10. The maximum Gasteiger partial charge on any atom is 0.185 e. The molecule has 1 saturated carbocycles. The molecule has 1 aromatic rings. The van der Waals surface area contributed by atoms with Gasteiger partial charge in [-0.05, 0) is 61.1 Å². The number of likely N-dealkylation sites (N-methyl/N-ethyl adjacent to an activating group) is 1. The van der Waals surface area contributed by atoms with Gasteiger partial charge in [-0.3, -0.25) is 9.48 Å². The Morgan fingerprint density at radius 1 is 1.43 bits per heavy atom. The molecule has 118 valence electrons. The van der Waals surface area contributed by atoms with E-state index >= 15 is 0 Å². The highest BCUT2D eigenvalue weighted by Crippen LogP contribution is 2.39. The van der Waals surface area contributed by atoms with Gasteiger partial charge < -0.3 is 4.90 Å². The van der Waals surface area contributed by atoms with Crippen LogP contribution in [0.4, 0.5) is 0 Å². The highest BCUT2D eigenvalue weighted by Gasteiger charge is 2.33. The summed E-state index contributed by atoms with van der Waals surface area (Å²) in [6.45, 7) is 6.22. The number of Topliss-reactive ketones (excluding diaryl/α,β-unsaturated/α-hetero) is 1. The molecular formula is C16H26BrN3O. The number of ketones is 1. The molecule has 0 aromatic carbocycles. The molecule has 0 N–H and O–H groups in total. The second kappa shape index (κ2) is 6.61. The van der Waals surface area contributed by atoms with Crippen molar-refractivity contribution < 1.29 is 4.79 Å². The standard InChI is InChI=1S/C16H26BrN3O/c1-16(2)7-5-12(6-8-16)15(21)14-13(17)11-18-20(14)10-9-19(3)4/h11-12H,5-10H2,1-4H3. The zero-order valence-corrected chi connectivity index (χ0v) is 15.1. The smallest absolute Gasteiger partial charge is 0.185 e. The molecule has 2 rings (SSSR count). The first kappa shape index (κ1) is 16.7. The van der Waals surface area contributed by atoms with Crippen LogP contribution in [0.3, 0.4) is 0 Å². The minimum atomic E-state index is 0.157. The predicted molar refractivity (Wildman–Crippen MR) is 88.6 cm³/mol. The summed E-state index contributed by atoms with van der Waals surface area (Å²) in [7, 11) is 4.06. The van der Waals surface area contributed by atoms with E-state index in [-0.39, 0.29) is 11.7 Å². The summed E-state index contributed by atoms with van der Waals surface area (Å²) in [6, 6.07) is 0. The second-order valence-corrected chi connectivity index (χ2v) is 8.02. The van der Waals surface area contributed by atoms with Crippen molar-refractivity contribution in [3.05, 3.63) is 16.4 Å². The van der Waals surface area contributed by atoms with Crippen molar-refractivity contribution in [3.8, 4) is 0 Å². The van der Waals surface area contributed by atoms with Crippen LogP contribution in [-0.4, -0.2) is 41.1 Å². The third kappa shape index (κ3) is 4.16. The van der Waals surface area contributed by atoms with E-state index in [2.05, 4.69) is 39.8 Å². The number of nitrogens with zero attached hydrogens (tertiary/aromatic N) is 3.